The molecule has 136 valence electrons. The van der Waals surface area contributed by atoms with E-state index >= 15 is 0 Å². The van der Waals surface area contributed by atoms with Crippen LogP contribution in [0.5, 0.6) is 0 Å². The molecule has 0 unspecified atom stereocenters. The second kappa shape index (κ2) is 8.29. The third-order valence-corrected chi connectivity index (χ3v) is 4.30. The van der Waals surface area contributed by atoms with E-state index in [9.17, 15) is 14.4 Å². The lowest BCUT2D eigenvalue weighted by Gasteiger charge is -2.03. The van der Waals surface area contributed by atoms with Crippen LogP contribution in [0.4, 0.5) is 0 Å². The Morgan fingerprint density at radius 2 is 1.96 bits per heavy atom. The highest BCUT2D eigenvalue weighted by atomic mass is 16.5. The largest absolute Gasteiger partial charge is 0.461 e. The summed E-state index contributed by atoms with van der Waals surface area (Å²) in [5.74, 6) is -0.548. The number of ether oxygens (including phenoxy) is 1. The first-order valence-electron chi connectivity index (χ1n) is 8.22. The van der Waals surface area contributed by atoms with E-state index in [1.54, 1.807) is 6.08 Å². The molecule has 0 atom stereocenters. The molecule has 0 spiro atoms. The molecule has 6 nitrogen and oxygen atoms in total. The zero-order valence-electron chi connectivity index (χ0n) is 15.0. The fourth-order valence-corrected chi connectivity index (χ4v) is 2.83. The lowest BCUT2D eigenvalue weighted by Crippen LogP contribution is -2.15. The molecule has 1 aromatic rings. The van der Waals surface area contributed by atoms with Crippen LogP contribution in [0, 0.1) is 6.92 Å². The predicted molar refractivity (Wildman–Crippen MR) is 99.4 cm³/mol. The molecule has 1 aliphatic rings. The molecular weight excluding hydrogens is 332 g/mol. The number of rotatable bonds is 8. The summed E-state index contributed by atoms with van der Waals surface area (Å²) < 4.78 is 4.96. The van der Waals surface area contributed by atoms with E-state index < -0.39 is 0 Å². The maximum atomic E-state index is 11.9. The Labute approximate surface area is 152 Å². The molecule has 1 amide bonds. The summed E-state index contributed by atoms with van der Waals surface area (Å²) in [6.45, 7) is 11.0. The smallest absolute Gasteiger partial charge is 0.306 e. The van der Waals surface area contributed by atoms with Gasteiger partial charge in [0.1, 0.15) is 6.61 Å². The number of allylic oxidation sites excluding steroid dienone is 1. The van der Waals surface area contributed by atoms with Gasteiger partial charge in [-0.1, -0.05) is 25.3 Å². The third-order valence-electron chi connectivity index (χ3n) is 4.30. The summed E-state index contributed by atoms with van der Waals surface area (Å²) in [7, 11) is 0. The van der Waals surface area contributed by atoms with Gasteiger partial charge in [-0.3, -0.25) is 14.4 Å². The van der Waals surface area contributed by atoms with Crippen molar-refractivity contribution in [2.75, 3.05) is 6.61 Å². The van der Waals surface area contributed by atoms with E-state index in [4.69, 9.17) is 4.74 Å². The maximum absolute atomic E-state index is 11.9. The third kappa shape index (κ3) is 3.91. The van der Waals surface area contributed by atoms with Crippen LogP contribution in [0.2, 0.25) is 0 Å². The quantitative estimate of drug-likeness (QED) is 0.427. The average Bonchev–Trinajstić information content (AvgIpc) is 3.07. The summed E-state index contributed by atoms with van der Waals surface area (Å²) in [5.41, 5.74) is 4.72. The van der Waals surface area contributed by atoms with Gasteiger partial charge in [-0.2, -0.15) is 0 Å². The van der Waals surface area contributed by atoms with Crippen molar-refractivity contribution in [2.45, 2.75) is 26.7 Å². The molecule has 2 rings (SSSR count). The lowest BCUT2D eigenvalue weighted by molar-refractivity contribution is -0.142. The van der Waals surface area contributed by atoms with Gasteiger partial charge in [-0.15, -0.1) is 0 Å². The van der Waals surface area contributed by atoms with Crippen molar-refractivity contribution in [1.29, 1.82) is 0 Å². The number of esters is 1. The van der Waals surface area contributed by atoms with E-state index in [1.165, 1.54) is 12.2 Å². The van der Waals surface area contributed by atoms with Gasteiger partial charge in [0, 0.05) is 23.4 Å². The zero-order valence-corrected chi connectivity index (χ0v) is 15.0. The number of amides is 1. The van der Waals surface area contributed by atoms with Crippen molar-refractivity contribution < 1.29 is 19.1 Å². The molecule has 1 aromatic heterocycles. The number of nitrogens with one attached hydrogen (secondary N) is 2. The van der Waals surface area contributed by atoms with Gasteiger partial charge in [-0.05, 0) is 43.0 Å². The summed E-state index contributed by atoms with van der Waals surface area (Å²) in [4.78, 5) is 38.0. The molecule has 0 saturated carbocycles. The highest BCUT2D eigenvalue weighted by Crippen LogP contribution is 2.26. The van der Waals surface area contributed by atoms with Crippen molar-refractivity contribution in [3.8, 4) is 0 Å². The van der Waals surface area contributed by atoms with Crippen LogP contribution in [0.25, 0.3) is 6.08 Å². The Hall–Kier alpha value is -3.15. The van der Waals surface area contributed by atoms with E-state index in [0.29, 0.717) is 29.1 Å². The molecule has 0 fully saturated rings. The molecule has 2 N–H and O–H groups in total. The van der Waals surface area contributed by atoms with Crippen LogP contribution in [0.1, 0.15) is 40.7 Å². The van der Waals surface area contributed by atoms with Gasteiger partial charge in [-0.25, -0.2) is 0 Å². The first kappa shape index (κ1) is 19.2. The van der Waals surface area contributed by atoms with Crippen LogP contribution < -0.4 is 5.32 Å². The van der Waals surface area contributed by atoms with E-state index in [1.807, 2.05) is 13.8 Å². The number of carbonyl (C=O) groups excluding carboxylic acids is 3. The van der Waals surface area contributed by atoms with Gasteiger partial charge < -0.3 is 15.0 Å². The van der Waals surface area contributed by atoms with Crippen LogP contribution in [-0.2, 0) is 20.7 Å². The van der Waals surface area contributed by atoms with Gasteiger partial charge >= 0.3 is 5.97 Å². The molecule has 6 heteroatoms. The Morgan fingerprint density at radius 1 is 1.23 bits per heavy atom. The highest BCUT2D eigenvalue weighted by molar-refractivity contribution is 6.03. The van der Waals surface area contributed by atoms with E-state index in [2.05, 4.69) is 23.5 Å². The Bertz CT molecular complexity index is 840. The Morgan fingerprint density at radius 3 is 2.54 bits per heavy atom. The predicted octanol–water partition coefficient (Wildman–Crippen LogP) is 2.77. The van der Waals surface area contributed by atoms with Crippen molar-refractivity contribution in [3.63, 3.8) is 0 Å². The van der Waals surface area contributed by atoms with E-state index in [-0.39, 0.29) is 24.9 Å². The molecule has 0 saturated heterocycles. The monoisotopic (exact) mass is 354 g/mol. The van der Waals surface area contributed by atoms with Crippen LogP contribution >= 0.6 is 0 Å². The van der Waals surface area contributed by atoms with Crippen LogP contribution in [0.15, 0.2) is 42.2 Å². The highest BCUT2D eigenvalue weighted by Gasteiger charge is 2.22. The molecule has 0 bridgehead atoms. The number of hydrogen-bond acceptors (Lipinski definition) is 4. The standard InChI is InChI=1S/C20H22N2O4/c1-5-9-26-19(24)8-7-15-13(4)16(21-18(15)11-23)10-17-12(3)14(6-2)20(25)22-17/h5-6,10-11,21H,1-2,7-9H2,3-4H3,(H,22,25)/b17-10-. The van der Waals surface area contributed by atoms with Crippen molar-refractivity contribution >= 4 is 24.2 Å². The average molecular weight is 354 g/mol. The lowest BCUT2D eigenvalue weighted by atomic mass is 10.0. The summed E-state index contributed by atoms with van der Waals surface area (Å²) >= 11 is 0. The van der Waals surface area contributed by atoms with Crippen molar-refractivity contribution in [2.24, 2.45) is 0 Å². The molecule has 0 aliphatic carbocycles. The summed E-state index contributed by atoms with van der Waals surface area (Å²) in [6.07, 6.45) is 6.08. The number of aromatic nitrogens is 1. The fourth-order valence-electron chi connectivity index (χ4n) is 2.83. The number of carbonyl (C=O) groups is 3. The number of aldehydes is 1. The Kier molecular flexibility index (Phi) is 6.11. The molecular formula is C20H22N2O4. The van der Waals surface area contributed by atoms with Crippen LogP contribution in [-0.4, -0.2) is 29.8 Å². The zero-order chi connectivity index (χ0) is 19.3. The van der Waals surface area contributed by atoms with Gasteiger partial charge in [0.05, 0.1) is 5.69 Å². The Balaban J connectivity index is 2.27. The first-order chi connectivity index (χ1) is 12.4. The normalized spacial score (nSPS) is 15.2. The molecule has 1 aliphatic heterocycles. The minimum absolute atomic E-state index is 0.166. The minimum Gasteiger partial charge on any atom is -0.461 e. The number of hydrogen-bond donors (Lipinski definition) is 2. The van der Waals surface area contributed by atoms with Gasteiger partial charge in [0.25, 0.3) is 5.91 Å². The molecule has 2 heterocycles. The van der Waals surface area contributed by atoms with E-state index in [0.717, 1.165) is 23.0 Å². The SMILES string of the molecule is C=CCOC(=O)CCc1c(C=O)[nH]c(/C=C2\NC(=O)C(C=C)=C2C)c1C. The minimum atomic E-state index is -0.347. The number of H-pyrrole nitrogens is 1. The van der Waals surface area contributed by atoms with Crippen molar-refractivity contribution in [1.82, 2.24) is 10.3 Å². The second-order valence-corrected chi connectivity index (χ2v) is 5.90. The molecule has 26 heavy (non-hydrogen) atoms. The fraction of sp³-hybridized carbons (Fsp3) is 0.250. The first-order valence-corrected chi connectivity index (χ1v) is 8.22. The summed E-state index contributed by atoms with van der Waals surface area (Å²) in [5, 5.41) is 2.79. The maximum Gasteiger partial charge on any atom is 0.306 e. The van der Waals surface area contributed by atoms with Crippen molar-refractivity contribution in [3.05, 3.63) is 64.7 Å². The molecule has 0 aromatic carbocycles. The second-order valence-electron chi connectivity index (χ2n) is 5.90. The molecule has 0 radical (unpaired) electrons. The summed E-state index contributed by atoms with van der Waals surface area (Å²) in [6, 6.07) is 0. The number of aromatic amines is 1. The topological polar surface area (TPSA) is 88.3 Å². The van der Waals surface area contributed by atoms with Crippen LogP contribution in [0.3, 0.4) is 0 Å². The van der Waals surface area contributed by atoms with Gasteiger partial charge in [0.2, 0.25) is 0 Å². The van der Waals surface area contributed by atoms with Gasteiger partial charge in [0.15, 0.2) is 6.29 Å².